The van der Waals surface area contributed by atoms with Crippen LogP contribution in [0.4, 0.5) is 5.82 Å². The molecule has 1 aliphatic heterocycles. The Bertz CT molecular complexity index is 599. The molecule has 0 saturated heterocycles. The van der Waals surface area contributed by atoms with Crippen LogP contribution in [0.2, 0.25) is 5.02 Å². The summed E-state index contributed by atoms with van der Waals surface area (Å²) in [6.45, 7) is 1.63. The van der Waals surface area contributed by atoms with Gasteiger partial charge < -0.3 is 11.1 Å². The molecule has 0 aliphatic carbocycles. The summed E-state index contributed by atoms with van der Waals surface area (Å²) in [6, 6.07) is 7.37. The number of hydrogen-bond donors (Lipinski definition) is 2. The lowest BCUT2D eigenvalue weighted by atomic mass is 10.3. The third-order valence-electron chi connectivity index (χ3n) is 2.81. The van der Waals surface area contributed by atoms with Crippen LogP contribution in [0, 0.1) is 0 Å². The van der Waals surface area contributed by atoms with Gasteiger partial charge in [-0.25, -0.2) is 4.68 Å². The molecule has 1 aromatic carbocycles. The van der Waals surface area contributed by atoms with Crippen molar-refractivity contribution >= 4 is 23.3 Å². The van der Waals surface area contributed by atoms with E-state index in [2.05, 4.69) is 15.4 Å². The van der Waals surface area contributed by atoms with E-state index >= 15 is 0 Å². The fourth-order valence-electron chi connectivity index (χ4n) is 1.91. The zero-order chi connectivity index (χ0) is 12.5. The van der Waals surface area contributed by atoms with Gasteiger partial charge in [-0.3, -0.25) is 4.99 Å². The van der Waals surface area contributed by atoms with Gasteiger partial charge in [-0.15, -0.1) is 0 Å². The number of halogens is 1. The molecule has 0 unspecified atom stereocenters. The molecule has 2 heterocycles. The average molecular weight is 262 g/mol. The molecule has 92 valence electrons. The number of benzene rings is 1. The second-order valence-electron chi connectivity index (χ2n) is 3.99. The Morgan fingerprint density at radius 1 is 1.28 bits per heavy atom. The van der Waals surface area contributed by atoms with E-state index in [1.165, 1.54) is 0 Å². The van der Waals surface area contributed by atoms with Crippen molar-refractivity contribution < 1.29 is 0 Å². The molecule has 0 atom stereocenters. The maximum Gasteiger partial charge on any atom is 0.138 e. The van der Waals surface area contributed by atoms with E-state index in [9.17, 15) is 0 Å². The van der Waals surface area contributed by atoms with Crippen molar-refractivity contribution in [1.29, 1.82) is 0 Å². The minimum Gasteiger partial charge on any atom is -0.383 e. The van der Waals surface area contributed by atoms with Gasteiger partial charge in [0.05, 0.1) is 24.0 Å². The van der Waals surface area contributed by atoms with Crippen LogP contribution >= 0.6 is 11.6 Å². The molecule has 1 aliphatic rings. The second-order valence-corrected chi connectivity index (χ2v) is 4.43. The number of aliphatic imine (C=N–C) groups is 1. The Labute approximate surface area is 109 Å². The summed E-state index contributed by atoms with van der Waals surface area (Å²) < 4.78 is 1.67. The molecule has 3 N–H and O–H groups in total. The van der Waals surface area contributed by atoms with Crippen LogP contribution in [-0.4, -0.2) is 28.7 Å². The van der Waals surface area contributed by atoms with Crippen molar-refractivity contribution in [3.8, 4) is 5.69 Å². The van der Waals surface area contributed by atoms with E-state index in [1.54, 1.807) is 10.9 Å². The van der Waals surface area contributed by atoms with Crippen molar-refractivity contribution in [3.05, 3.63) is 41.0 Å². The first kappa shape index (κ1) is 11.1. The first-order valence-electron chi connectivity index (χ1n) is 5.64. The number of nitrogens with two attached hydrogens (primary N) is 1. The lowest BCUT2D eigenvalue weighted by Crippen LogP contribution is -2.20. The molecule has 0 fully saturated rings. The topological polar surface area (TPSA) is 68.2 Å². The molecule has 0 amide bonds. The zero-order valence-corrected chi connectivity index (χ0v) is 10.4. The fraction of sp³-hybridized carbons (Fsp3) is 0.167. The van der Waals surface area contributed by atoms with Gasteiger partial charge in [0, 0.05) is 11.6 Å². The molecule has 1 aromatic heterocycles. The Morgan fingerprint density at radius 2 is 2.06 bits per heavy atom. The predicted molar refractivity (Wildman–Crippen MR) is 72.4 cm³/mol. The Morgan fingerprint density at radius 3 is 2.72 bits per heavy atom. The summed E-state index contributed by atoms with van der Waals surface area (Å²) in [5, 5.41) is 8.16. The number of hydrogen-bond acceptors (Lipinski definition) is 4. The van der Waals surface area contributed by atoms with E-state index < -0.39 is 0 Å². The van der Waals surface area contributed by atoms with E-state index in [0.717, 1.165) is 30.2 Å². The Kier molecular flexibility index (Phi) is 2.68. The number of amidine groups is 1. The maximum atomic E-state index is 6.10. The zero-order valence-electron chi connectivity index (χ0n) is 9.60. The highest BCUT2D eigenvalue weighted by atomic mass is 35.5. The third-order valence-corrected chi connectivity index (χ3v) is 3.06. The van der Waals surface area contributed by atoms with Crippen LogP contribution < -0.4 is 11.1 Å². The highest BCUT2D eigenvalue weighted by molar-refractivity contribution is 6.30. The van der Waals surface area contributed by atoms with E-state index in [0.29, 0.717) is 10.8 Å². The second kappa shape index (κ2) is 4.34. The predicted octanol–water partition coefficient (Wildman–Crippen LogP) is 1.46. The Hall–Kier alpha value is -2.01. The highest BCUT2D eigenvalue weighted by Crippen LogP contribution is 2.19. The minimum atomic E-state index is 0.575. The van der Waals surface area contributed by atoms with Gasteiger partial charge in [0.2, 0.25) is 0 Å². The number of rotatable bonds is 2. The van der Waals surface area contributed by atoms with Crippen molar-refractivity contribution in [2.45, 2.75) is 0 Å². The molecule has 5 nitrogen and oxygen atoms in total. The van der Waals surface area contributed by atoms with Crippen LogP contribution in [0.3, 0.4) is 0 Å². The summed E-state index contributed by atoms with van der Waals surface area (Å²) >= 11 is 5.86. The monoisotopic (exact) mass is 261 g/mol. The summed E-state index contributed by atoms with van der Waals surface area (Å²) in [5.74, 6) is 1.39. The van der Waals surface area contributed by atoms with Gasteiger partial charge >= 0.3 is 0 Å². The first-order chi connectivity index (χ1) is 8.75. The van der Waals surface area contributed by atoms with Crippen molar-refractivity contribution in [1.82, 2.24) is 15.1 Å². The van der Waals surface area contributed by atoms with Crippen LogP contribution in [-0.2, 0) is 0 Å². The fourth-order valence-corrected chi connectivity index (χ4v) is 2.03. The Balaban J connectivity index is 2.01. The van der Waals surface area contributed by atoms with Crippen LogP contribution in [0.1, 0.15) is 5.56 Å². The van der Waals surface area contributed by atoms with E-state index in [1.807, 2.05) is 24.3 Å². The van der Waals surface area contributed by atoms with E-state index in [4.69, 9.17) is 17.3 Å². The van der Waals surface area contributed by atoms with Gasteiger partial charge in [-0.1, -0.05) is 11.6 Å². The highest BCUT2D eigenvalue weighted by Gasteiger charge is 2.16. The lowest BCUT2D eigenvalue weighted by molar-refractivity contribution is 0.891. The molecule has 6 heteroatoms. The molecule has 18 heavy (non-hydrogen) atoms. The van der Waals surface area contributed by atoms with Gasteiger partial charge in [0.1, 0.15) is 11.7 Å². The molecule has 0 radical (unpaired) electrons. The van der Waals surface area contributed by atoms with Gasteiger partial charge in [-0.05, 0) is 24.3 Å². The quantitative estimate of drug-likeness (QED) is 0.860. The minimum absolute atomic E-state index is 0.575. The molecule has 0 spiro atoms. The molecular formula is C12H12ClN5. The first-order valence-corrected chi connectivity index (χ1v) is 6.01. The van der Waals surface area contributed by atoms with Crippen LogP contribution in [0.5, 0.6) is 0 Å². The summed E-state index contributed by atoms with van der Waals surface area (Å²) in [7, 11) is 0. The van der Waals surface area contributed by atoms with Crippen molar-refractivity contribution in [2.24, 2.45) is 4.99 Å². The van der Waals surface area contributed by atoms with Crippen LogP contribution in [0.25, 0.3) is 5.69 Å². The molecule has 3 rings (SSSR count). The lowest BCUT2D eigenvalue weighted by Gasteiger charge is -2.05. The summed E-state index contributed by atoms with van der Waals surface area (Å²) in [5.41, 5.74) is 7.81. The van der Waals surface area contributed by atoms with Crippen molar-refractivity contribution in [2.75, 3.05) is 18.8 Å². The molecule has 2 aromatic rings. The number of nitrogens with zero attached hydrogens (tertiary/aromatic N) is 3. The van der Waals surface area contributed by atoms with Crippen LogP contribution in [0.15, 0.2) is 35.5 Å². The smallest absolute Gasteiger partial charge is 0.138 e. The third kappa shape index (κ3) is 1.82. The van der Waals surface area contributed by atoms with Gasteiger partial charge in [-0.2, -0.15) is 5.10 Å². The SMILES string of the molecule is Nc1c(C2=NCCN2)cnn1-c1ccc(Cl)cc1. The number of nitrogen functional groups attached to an aromatic ring is 1. The molecule has 0 bridgehead atoms. The molecular weight excluding hydrogens is 250 g/mol. The average Bonchev–Trinajstić information content (AvgIpc) is 2.99. The number of aromatic nitrogens is 2. The summed E-state index contributed by atoms with van der Waals surface area (Å²) in [6.07, 6.45) is 1.72. The molecule has 0 saturated carbocycles. The number of nitrogens with one attached hydrogen (secondary N) is 1. The summed E-state index contributed by atoms with van der Waals surface area (Å²) in [4.78, 5) is 4.34. The van der Waals surface area contributed by atoms with Crippen molar-refractivity contribution in [3.63, 3.8) is 0 Å². The number of anilines is 1. The van der Waals surface area contributed by atoms with Gasteiger partial charge in [0.25, 0.3) is 0 Å². The van der Waals surface area contributed by atoms with E-state index in [-0.39, 0.29) is 0 Å². The normalized spacial score (nSPS) is 14.4. The standard InChI is InChI=1S/C12H12ClN5/c13-8-1-3-9(4-2-8)18-11(14)10(7-17-18)12-15-5-6-16-12/h1-4,7H,5-6,14H2,(H,15,16). The maximum absolute atomic E-state index is 6.10. The largest absolute Gasteiger partial charge is 0.383 e. The van der Waals surface area contributed by atoms with Gasteiger partial charge in [0.15, 0.2) is 0 Å².